The molecular weight excluding hydrogens is 200 g/mol. The van der Waals surface area contributed by atoms with Gasteiger partial charge in [0.15, 0.2) is 0 Å². The first-order valence-corrected chi connectivity index (χ1v) is 5.87. The molecule has 0 heterocycles. The van der Waals surface area contributed by atoms with Crippen LogP contribution in [-0.4, -0.2) is 22.4 Å². The Morgan fingerprint density at radius 2 is 1.94 bits per heavy atom. The quantitative estimate of drug-likeness (QED) is 0.816. The normalized spacial score (nSPS) is 27.4. The Bertz CT molecular complexity index is 345. The van der Waals surface area contributed by atoms with E-state index in [1.165, 1.54) is 0 Å². The highest BCUT2D eigenvalue weighted by Crippen LogP contribution is 2.29. The zero-order valence-electron chi connectivity index (χ0n) is 9.29. The van der Waals surface area contributed by atoms with Crippen LogP contribution in [0.25, 0.3) is 6.08 Å². The largest absolute Gasteiger partial charge is 0.393 e. The number of hydrogen-bond acceptors (Lipinski definition) is 2. The predicted octanol–water partition coefficient (Wildman–Crippen LogP) is 2.22. The van der Waals surface area contributed by atoms with Crippen molar-refractivity contribution in [1.29, 1.82) is 0 Å². The molecule has 1 saturated carbocycles. The molecule has 1 aliphatic carbocycles. The van der Waals surface area contributed by atoms with Gasteiger partial charge in [-0.1, -0.05) is 48.9 Å². The SMILES string of the molecule is O[C@H](/C=C/c1ccccc1)[C@H]1CCC[C@@H]1O. The van der Waals surface area contributed by atoms with E-state index in [4.69, 9.17) is 0 Å². The Morgan fingerprint density at radius 1 is 1.19 bits per heavy atom. The number of aliphatic hydroxyl groups is 2. The lowest BCUT2D eigenvalue weighted by atomic mass is 9.98. The van der Waals surface area contributed by atoms with Crippen LogP contribution < -0.4 is 0 Å². The molecule has 0 saturated heterocycles. The molecule has 0 aromatic heterocycles. The highest BCUT2D eigenvalue weighted by molar-refractivity contribution is 5.49. The second-order valence-electron chi connectivity index (χ2n) is 4.42. The van der Waals surface area contributed by atoms with Crippen LogP contribution in [0, 0.1) is 5.92 Å². The maximum Gasteiger partial charge on any atom is 0.0776 e. The van der Waals surface area contributed by atoms with Crippen LogP contribution in [-0.2, 0) is 0 Å². The van der Waals surface area contributed by atoms with Gasteiger partial charge in [0.05, 0.1) is 12.2 Å². The van der Waals surface area contributed by atoms with Crippen LogP contribution in [0.15, 0.2) is 36.4 Å². The van der Waals surface area contributed by atoms with Crippen LogP contribution >= 0.6 is 0 Å². The molecule has 1 fully saturated rings. The van der Waals surface area contributed by atoms with Gasteiger partial charge < -0.3 is 10.2 Å². The summed E-state index contributed by atoms with van der Waals surface area (Å²) in [5.41, 5.74) is 1.08. The van der Waals surface area contributed by atoms with Gasteiger partial charge in [0.25, 0.3) is 0 Å². The van der Waals surface area contributed by atoms with E-state index in [1.807, 2.05) is 36.4 Å². The van der Waals surface area contributed by atoms with Gasteiger partial charge in [-0.2, -0.15) is 0 Å². The van der Waals surface area contributed by atoms with Gasteiger partial charge in [-0.15, -0.1) is 0 Å². The van der Waals surface area contributed by atoms with Crippen molar-refractivity contribution in [1.82, 2.24) is 0 Å². The van der Waals surface area contributed by atoms with E-state index in [-0.39, 0.29) is 12.0 Å². The minimum Gasteiger partial charge on any atom is -0.393 e. The summed E-state index contributed by atoms with van der Waals surface area (Å²) in [7, 11) is 0. The highest BCUT2D eigenvalue weighted by Gasteiger charge is 2.29. The lowest BCUT2D eigenvalue weighted by Crippen LogP contribution is -2.25. The zero-order valence-corrected chi connectivity index (χ0v) is 9.29. The van der Waals surface area contributed by atoms with Crippen LogP contribution in [0.1, 0.15) is 24.8 Å². The fourth-order valence-electron chi connectivity index (χ4n) is 2.28. The molecule has 0 unspecified atom stereocenters. The first kappa shape index (κ1) is 11.4. The molecule has 1 aromatic rings. The minimum absolute atomic E-state index is 0.0139. The third-order valence-corrected chi connectivity index (χ3v) is 3.26. The Morgan fingerprint density at radius 3 is 2.56 bits per heavy atom. The van der Waals surface area contributed by atoms with E-state index in [2.05, 4.69) is 0 Å². The van der Waals surface area contributed by atoms with Crippen molar-refractivity contribution in [3.63, 3.8) is 0 Å². The second kappa shape index (κ2) is 5.28. The van der Waals surface area contributed by atoms with Crippen molar-refractivity contribution < 1.29 is 10.2 Å². The maximum absolute atomic E-state index is 9.93. The third kappa shape index (κ3) is 2.71. The van der Waals surface area contributed by atoms with Gasteiger partial charge >= 0.3 is 0 Å². The summed E-state index contributed by atoms with van der Waals surface area (Å²) >= 11 is 0. The summed E-state index contributed by atoms with van der Waals surface area (Å²) in [6.45, 7) is 0. The summed E-state index contributed by atoms with van der Waals surface area (Å²) in [4.78, 5) is 0. The summed E-state index contributed by atoms with van der Waals surface area (Å²) < 4.78 is 0. The fourth-order valence-corrected chi connectivity index (χ4v) is 2.28. The van der Waals surface area contributed by atoms with Gasteiger partial charge in [0.2, 0.25) is 0 Å². The average Bonchev–Trinajstić information content (AvgIpc) is 2.74. The van der Waals surface area contributed by atoms with Crippen molar-refractivity contribution in [2.45, 2.75) is 31.5 Å². The Balaban J connectivity index is 1.96. The van der Waals surface area contributed by atoms with Gasteiger partial charge in [0.1, 0.15) is 0 Å². The molecule has 2 nitrogen and oxygen atoms in total. The number of aliphatic hydroxyl groups excluding tert-OH is 2. The number of rotatable bonds is 3. The molecule has 0 radical (unpaired) electrons. The molecule has 0 spiro atoms. The molecule has 2 heteroatoms. The highest BCUT2D eigenvalue weighted by atomic mass is 16.3. The van der Waals surface area contributed by atoms with E-state index < -0.39 is 6.10 Å². The van der Waals surface area contributed by atoms with Crippen molar-refractivity contribution in [2.75, 3.05) is 0 Å². The summed E-state index contributed by atoms with van der Waals surface area (Å²) in [5, 5.41) is 19.6. The summed E-state index contributed by atoms with van der Waals surface area (Å²) in [6.07, 6.45) is 5.59. The van der Waals surface area contributed by atoms with E-state index in [0.29, 0.717) is 0 Å². The summed E-state index contributed by atoms with van der Waals surface area (Å²) in [5.74, 6) is 0.0139. The van der Waals surface area contributed by atoms with Gasteiger partial charge in [0, 0.05) is 5.92 Å². The minimum atomic E-state index is -0.530. The van der Waals surface area contributed by atoms with E-state index in [0.717, 1.165) is 24.8 Å². The zero-order chi connectivity index (χ0) is 11.4. The van der Waals surface area contributed by atoms with Crippen molar-refractivity contribution >= 4 is 6.08 Å². The van der Waals surface area contributed by atoms with Crippen molar-refractivity contribution in [2.24, 2.45) is 5.92 Å². The average molecular weight is 218 g/mol. The molecular formula is C14H18O2. The summed E-state index contributed by atoms with van der Waals surface area (Å²) in [6, 6.07) is 9.89. The second-order valence-corrected chi connectivity index (χ2v) is 4.42. The smallest absolute Gasteiger partial charge is 0.0776 e. The predicted molar refractivity (Wildman–Crippen MR) is 64.8 cm³/mol. The molecule has 0 aliphatic heterocycles. The Kier molecular flexibility index (Phi) is 3.75. The molecule has 16 heavy (non-hydrogen) atoms. The Hall–Kier alpha value is -1.12. The molecule has 1 aliphatic rings. The van der Waals surface area contributed by atoms with E-state index >= 15 is 0 Å². The number of benzene rings is 1. The standard InChI is InChI=1S/C14H18O2/c15-13-8-4-7-12(13)14(16)10-9-11-5-2-1-3-6-11/h1-3,5-6,9-10,12-16H,4,7-8H2/b10-9+/t12-,13-,14+/m0/s1. The molecule has 2 N–H and O–H groups in total. The van der Waals surface area contributed by atoms with Crippen LogP contribution in [0.5, 0.6) is 0 Å². The van der Waals surface area contributed by atoms with Crippen LogP contribution in [0.3, 0.4) is 0 Å². The molecule has 2 rings (SSSR count). The first-order valence-electron chi connectivity index (χ1n) is 5.87. The van der Waals surface area contributed by atoms with Crippen molar-refractivity contribution in [3.8, 4) is 0 Å². The Labute approximate surface area is 96.2 Å². The lowest BCUT2D eigenvalue weighted by molar-refractivity contribution is 0.0569. The van der Waals surface area contributed by atoms with Gasteiger partial charge in [-0.3, -0.25) is 0 Å². The van der Waals surface area contributed by atoms with Crippen molar-refractivity contribution in [3.05, 3.63) is 42.0 Å². The lowest BCUT2D eigenvalue weighted by Gasteiger charge is -2.18. The third-order valence-electron chi connectivity index (χ3n) is 3.26. The van der Waals surface area contributed by atoms with E-state index in [9.17, 15) is 10.2 Å². The van der Waals surface area contributed by atoms with Crippen LogP contribution in [0.2, 0.25) is 0 Å². The van der Waals surface area contributed by atoms with Crippen LogP contribution in [0.4, 0.5) is 0 Å². The topological polar surface area (TPSA) is 40.5 Å². The van der Waals surface area contributed by atoms with Gasteiger partial charge in [-0.25, -0.2) is 0 Å². The van der Waals surface area contributed by atoms with Gasteiger partial charge in [-0.05, 0) is 18.4 Å². The molecule has 1 aromatic carbocycles. The monoisotopic (exact) mass is 218 g/mol. The molecule has 0 amide bonds. The van der Waals surface area contributed by atoms with E-state index in [1.54, 1.807) is 6.08 Å². The maximum atomic E-state index is 9.93. The molecule has 3 atom stereocenters. The number of hydrogen-bond donors (Lipinski definition) is 2. The fraction of sp³-hybridized carbons (Fsp3) is 0.429. The molecule has 86 valence electrons. The first-order chi connectivity index (χ1) is 7.77. The molecule has 0 bridgehead atoms.